The zero-order valence-electron chi connectivity index (χ0n) is 10.9. The highest BCUT2D eigenvalue weighted by atomic mass is 32.1. The lowest BCUT2D eigenvalue weighted by Gasteiger charge is -2.31. The molecular formula is C12H16N6OS. The van der Waals surface area contributed by atoms with Crippen molar-refractivity contribution in [3.63, 3.8) is 0 Å². The zero-order valence-corrected chi connectivity index (χ0v) is 11.7. The van der Waals surface area contributed by atoms with Crippen molar-refractivity contribution in [3.05, 3.63) is 11.4 Å². The fourth-order valence-corrected chi connectivity index (χ4v) is 3.28. The first-order valence-corrected chi connectivity index (χ1v) is 7.33. The predicted molar refractivity (Wildman–Crippen MR) is 79.4 cm³/mol. The fraction of sp³-hybridized carbons (Fsp3) is 0.417. The van der Waals surface area contributed by atoms with E-state index in [0.29, 0.717) is 5.95 Å². The maximum atomic E-state index is 11.2. The van der Waals surface area contributed by atoms with Gasteiger partial charge >= 0.3 is 0 Å². The molecule has 0 unspecified atom stereocenters. The van der Waals surface area contributed by atoms with Gasteiger partial charge in [-0.3, -0.25) is 10.2 Å². The van der Waals surface area contributed by atoms with Gasteiger partial charge < -0.3 is 10.6 Å². The highest BCUT2D eigenvalue weighted by Crippen LogP contribution is 2.31. The number of carbonyl (C=O) groups excluding carboxylic acids is 1. The Morgan fingerprint density at radius 1 is 1.40 bits per heavy atom. The third-order valence-corrected chi connectivity index (χ3v) is 4.44. The van der Waals surface area contributed by atoms with Crippen LogP contribution in [0.4, 0.5) is 11.8 Å². The molecule has 20 heavy (non-hydrogen) atoms. The molecule has 2 aromatic rings. The second-order valence-corrected chi connectivity index (χ2v) is 5.71. The highest BCUT2D eigenvalue weighted by molar-refractivity contribution is 7.16. The number of amides is 1. The van der Waals surface area contributed by atoms with E-state index >= 15 is 0 Å². The standard InChI is InChI=1S/C12H16N6OS/c13-9(19)7-1-4-18(5-2-7)10-8-3-6-20-11(8)16-12(15-10)17-14/h3,6-7H,1-2,4-5,14H2,(H2,13,19)(H,15,16,17). The van der Waals surface area contributed by atoms with Crippen LogP contribution in [0.2, 0.25) is 0 Å². The average Bonchev–Trinajstić information content (AvgIpc) is 2.94. The first kappa shape index (κ1) is 13.1. The maximum absolute atomic E-state index is 11.2. The number of piperidine rings is 1. The van der Waals surface area contributed by atoms with Crippen molar-refractivity contribution < 1.29 is 4.79 Å². The van der Waals surface area contributed by atoms with Gasteiger partial charge in [-0.05, 0) is 24.3 Å². The molecular weight excluding hydrogens is 276 g/mol. The van der Waals surface area contributed by atoms with Crippen LogP contribution in [-0.2, 0) is 4.79 Å². The number of nitrogens with two attached hydrogens (primary N) is 2. The van der Waals surface area contributed by atoms with E-state index in [-0.39, 0.29) is 11.8 Å². The van der Waals surface area contributed by atoms with Gasteiger partial charge in [-0.15, -0.1) is 11.3 Å². The summed E-state index contributed by atoms with van der Waals surface area (Å²) in [5.74, 6) is 6.46. The van der Waals surface area contributed by atoms with E-state index in [1.807, 2.05) is 11.4 Å². The summed E-state index contributed by atoms with van der Waals surface area (Å²) in [4.78, 5) is 23.1. The van der Waals surface area contributed by atoms with Gasteiger partial charge in [0.1, 0.15) is 10.6 Å². The van der Waals surface area contributed by atoms with Crippen LogP contribution in [0.1, 0.15) is 12.8 Å². The largest absolute Gasteiger partial charge is 0.369 e. The monoisotopic (exact) mass is 292 g/mol. The van der Waals surface area contributed by atoms with Gasteiger partial charge in [0.15, 0.2) is 0 Å². The minimum Gasteiger partial charge on any atom is -0.369 e. The van der Waals surface area contributed by atoms with Crippen LogP contribution in [-0.4, -0.2) is 29.0 Å². The van der Waals surface area contributed by atoms with Crippen LogP contribution in [0, 0.1) is 5.92 Å². The number of nitrogens with zero attached hydrogens (tertiary/aromatic N) is 3. The molecule has 8 heteroatoms. The molecule has 1 fully saturated rings. The van der Waals surface area contributed by atoms with Gasteiger partial charge in [0.25, 0.3) is 0 Å². The van der Waals surface area contributed by atoms with E-state index in [1.54, 1.807) is 11.3 Å². The summed E-state index contributed by atoms with van der Waals surface area (Å²) in [7, 11) is 0. The van der Waals surface area contributed by atoms with Crippen molar-refractivity contribution in [2.75, 3.05) is 23.4 Å². The summed E-state index contributed by atoms with van der Waals surface area (Å²) < 4.78 is 0. The van der Waals surface area contributed by atoms with Gasteiger partial charge in [0, 0.05) is 19.0 Å². The number of carbonyl (C=O) groups is 1. The number of thiophene rings is 1. The normalized spacial score (nSPS) is 16.6. The molecule has 2 aromatic heterocycles. The lowest BCUT2D eigenvalue weighted by molar-refractivity contribution is -0.122. The molecule has 0 spiro atoms. The highest BCUT2D eigenvalue weighted by Gasteiger charge is 2.25. The predicted octanol–water partition coefficient (Wildman–Crippen LogP) is 0.679. The molecule has 7 nitrogen and oxygen atoms in total. The second-order valence-electron chi connectivity index (χ2n) is 4.82. The van der Waals surface area contributed by atoms with Crippen LogP contribution in [0.15, 0.2) is 11.4 Å². The summed E-state index contributed by atoms with van der Waals surface area (Å²) in [6.07, 6.45) is 1.52. The van der Waals surface area contributed by atoms with E-state index in [1.165, 1.54) is 0 Å². The number of aromatic nitrogens is 2. The number of hydrogen-bond donors (Lipinski definition) is 3. The molecule has 1 amide bonds. The lowest BCUT2D eigenvalue weighted by atomic mass is 9.96. The Balaban J connectivity index is 1.90. The van der Waals surface area contributed by atoms with Crippen molar-refractivity contribution in [2.45, 2.75) is 12.8 Å². The number of primary amides is 1. The molecule has 106 valence electrons. The Morgan fingerprint density at radius 3 is 2.80 bits per heavy atom. The van der Waals surface area contributed by atoms with E-state index in [4.69, 9.17) is 11.6 Å². The van der Waals surface area contributed by atoms with Gasteiger partial charge in [-0.1, -0.05) is 0 Å². The molecule has 3 rings (SSSR count). The molecule has 1 aliphatic heterocycles. The van der Waals surface area contributed by atoms with Crippen molar-refractivity contribution in [1.29, 1.82) is 0 Å². The minimum absolute atomic E-state index is 0.0295. The van der Waals surface area contributed by atoms with Gasteiger partial charge in [-0.2, -0.15) is 4.98 Å². The number of rotatable bonds is 3. The quantitative estimate of drug-likeness (QED) is 0.567. The molecule has 0 atom stereocenters. The van der Waals surface area contributed by atoms with E-state index in [9.17, 15) is 4.79 Å². The number of fused-ring (bicyclic) bond motifs is 1. The maximum Gasteiger partial charge on any atom is 0.240 e. The third-order valence-electron chi connectivity index (χ3n) is 3.63. The smallest absolute Gasteiger partial charge is 0.240 e. The lowest BCUT2D eigenvalue weighted by Crippen LogP contribution is -2.39. The van der Waals surface area contributed by atoms with Crippen LogP contribution >= 0.6 is 11.3 Å². The number of nitrogens with one attached hydrogen (secondary N) is 1. The number of anilines is 2. The summed E-state index contributed by atoms with van der Waals surface area (Å²) in [6.45, 7) is 1.53. The molecule has 0 aliphatic carbocycles. The topological polar surface area (TPSA) is 110 Å². The molecule has 1 aliphatic rings. The molecule has 0 saturated carbocycles. The number of nitrogen functional groups attached to an aromatic ring is 1. The first-order chi connectivity index (χ1) is 9.69. The Kier molecular flexibility index (Phi) is 3.41. The Morgan fingerprint density at radius 2 is 2.15 bits per heavy atom. The Bertz CT molecular complexity index is 634. The summed E-state index contributed by atoms with van der Waals surface area (Å²) in [6, 6.07) is 2.01. The fourth-order valence-electron chi connectivity index (χ4n) is 2.52. The third kappa shape index (κ3) is 2.27. The SMILES string of the molecule is NNc1nc(N2CCC(C(N)=O)CC2)c2ccsc2n1. The summed E-state index contributed by atoms with van der Waals surface area (Å²) in [5, 5.41) is 3.01. The number of hydrazine groups is 1. The Labute approximate surface area is 119 Å². The van der Waals surface area contributed by atoms with Crippen LogP contribution in [0.5, 0.6) is 0 Å². The van der Waals surface area contributed by atoms with Crippen LogP contribution in [0.25, 0.3) is 10.2 Å². The van der Waals surface area contributed by atoms with E-state index in [0.717, 1.165) is 42.0 Å². The van der Waals surface area contributed by atoms with Crippen LogP contribution < -0.4 is 21.9 Å². The minimum atomic E-state index is -0.211. The summed E-state index contributed by atoms with van der Waals surface area (Å²) in [5.41, 5.74) is 7.86. The first-order valence-electron chi connectivity index (χ1n) is 6.45. The van der Waals surface area contributed by atoms with Crippen LogP contribution in [0.3, 0.4) is 0 Å². The van der Waals surface area contributed by atoms with Gasteiger partial charge in [0.2, 0.25) is 11.9 Å². The van der Waals surface area contributed by atoms with Gasteiger partial charge in [0.05, 0.1) is 5.39 Å². The molecule has 0 bridgehead atoms. The van der Waals surface area contributed by atoms with E-state index < -0.39 is 0 Å². The van der Waals surface area contributed by atoms with Crippen molar-refractivity contribution >= 4 is 39.2 Å². The van der Waals surface area contributed by atoms with Crippen molar-refractivity contribution in [1.82, 2.24) is 9.97 Å². The Hall–Kier alpha value is -1.93. The zero-order chi connectivity index (χ0) is 14.1. The van der Waals surface area contributed by atoms with E-state index in [2.05, 4.69) is 20.3 Å². The van der Waals surface area contributed by atoms with Crippen molar-refractivity contribution in [3.8, 4) is 0 Å². The van der Waals surface area contributed by atoms with Gasteiger partial charge in [-0.25, -0.2) is 10.8 Å². The number of hydrogen-bond acceptors (Lipinski definition) is 7. The molecule has 5 N–H and O–H groups in total. The summed E-state index contributed by atoms with van der Waals surface area (Å²) >= 11 is 1.55. The molecule has 0 radical (unpaired) electrons. The second kappa shape index (κ2) is 5.22. The molecule has 3 heterocycles. The molecule has 1 saturated heterocycles. The van der Waals surface area contributed by atoms with Crippen molar-refractivity contribution in [2.24, 2.45) is 17.5 Å². The average molecular weight is 292 g/mol. The molecule has 0 aromatic carbocycles.